The number of hydrogen-bond donors (Lipinski definition) is 2. The quantitative estimate of drug-likeness (QED) is 0.739. The third kappa shape index (κ3) is 4.27. The Morgan fingerprint density at radius 2 is 2.22 bits per heavy atom. The second-order valence-corrected chi connectivity index (χ2v) is 8.00. The number of H-pyrrole nitrogens is 1. The van der Waals surface area contributed by atoms with Crippen LogP contribution >= 0.6 is 11.8 Å². The first kappa shape index (κ1) is 18.3. The largest absolute Gasteiger partial charge is 0.376 e. The Balaban J connectivity index is 1.36. The van der Waals surface area contributed by atoms with Gasteiger partial charge in [-0.15, -0.1) is 5.10 Å². The van der Waals surface area contributed by atoms with Crippen molar-refractivity contribution in [2.24, 2.45) is 0 Å². The lowest BCUT2D eigenvalue weighted by Crippen LogP contribution is -2.32. The Hall–Kier alpha value is -2.06. The van der Waals surface area contributed by atoms with Gasteiger partial charge in [-0.3, -0.25) is 9.36 Å². The number of amides is 1. The van der Waals surface area contributed by atoms with Crippen LogP contribution in [0.1, 0.15) is 42.9 Å². The van der Waals surface area contributed by atoms with Crippen LogP contribution in [0.25, 0.3) is 0 Å². The topological polar surface area (TPSA) is 89.0 Å². The number of rotatable bonds is 6. The molecule has 144 valence electrons. The maximum atomic E-state index is 12.5. The zero-order valence-corrected chi connectivity index (χ0v) is 16.0. The van der Waals surface area contributed by atoms with E-state index in [1.807, 2.05) is 12.1 Å². The Kier molecular flexibility index (Phi) is 5.63. The SMILES string of the molecule is O=C(CSc1n[nH]c(=O)n1C[C@H]1CCCO1)N[C@H]1CCCc2ccccc21. The number of carbonyl (C=O) groups excluding carboxylic acids is 1. The first-order valence-electron chi connectivity index (χ1n) is 9.47. The van der Waals surface area contributed by atoms with Crippen molar-refractivity contribution >= 4 is 17.7 Å². The van der Waals surface area contributed by atoms with Crippen molar-refractivity contribution in [3.05, 3.63) is 45.9 Å². The molecule has 8 heteroatoms. The van der Waals surface area contributed by atoms with Gasteiger partial charge in [0, 0.05) is 6.61 Å². The van der Waals surface area contributed by atoms with Crippen LogP contribution in [0.3, 0.4) is 0 Å². The predicted octanol–water partition coefficient (Wildman–Crippen LogP) is 2.04. The smallest absolute Gasteiger partial charge is 0.344 e. The lowest BCUT2D eigenvalue weighted by Gasteiger charge is -2.26. The minimum atomic E-state index is -0.255. The molecule has 27 heavy (non-hydrogen) atoms. The Morgan fingerprint density at radius 3 is 3.07 bits per heavy atom. The van der Waals surface area contributed by atoms with Gasteiger partial charge < -0.3 is 10.1 Å². The van der Waals surface area contributed by atoms with Crippen molar-refractivity contribution in [1.82, 2.24) is 20.1 Å². The lowest BCUT2D eigenvalue weighted by molar-refractivity contribution is -0.119. The van der Waals surface area contributed by atoms with Crippen molar-refractivity contribution < 1.29 is 9.53 Å². The summed E-state index contributed by atoms with van der Waals surface area (Å²) < 4.78 is 7.18. The van der Waals surface area contributed by atoms with E-state index >= 15 is 0 Å². The van der Waals surface area contributed by atoms with E-state index in [0.717, 1.165) is 38.7 Å². The van der Waals surface area contributed by atoms with Gasteiger partial charge in [-0.2, -0.15) is 0 Å². The Labute approximate surface area is 161 Å². The van der Waals surface area contributed by atoms with Gasteiger partial charge in [0.25, 0.3) is 0 Å². The molecule has 2 aliphatic rings. The van der Waals surface area contributed by atoms with E-state index in [1.54, 1.807) is 4.57 Å². The molecule has 0 bridgehead atoms. The molecule has 1 aromatic heterocycles. The highest BCUT2D eigenvalue weighted by molar-refractivity contribution is 7.99. The van der Waals surface area contributed by atoms with Gasteiger partial charge in [0.1, 0.15) is 0 Å². The van der Waals surface area contributed by atoms with Crippen molar-refractivity contribution in [1.29, 1.82) is 0 Å². The monoisotopic (exact) mass is 388 g/mol. The molecule has 1 saturated heterocycles. The molecule has 1 aromatic carbocycles. The van der Waals surface area contributed by atoms with E-state index < -0.39 is 0 Å². The average Bonchev–Trinajstić information content (AvgIpc) is 3.32. The summed E-state index contributed by atoms with van der Waals surface area (Å²) in [6, 6.07) is 8.36. The number of ether oxygens (including phenoxy) is 1. The number of carbonyl (C=O) groups is 1. The molecule has 0 spiro atoms. The fraction of sp³-hybridized carbons (Fsp3) is 0.526. The summed E-state index contributed by atoms with van der Waals surface area (Å²) in [5, 5.41) is 10.2. The highest BCUT2D eigenvalue weighted by Gasteiger charge is 2.23. The van der Waals surface area contributed by atoms with E-state index in [1.165, 1.54) is 22.9 Å². The molecule has 2 heterocycles. The van der Waals surface area contributed by atoms with Crippen LogP contribution in [-0.2, 0) is 22.5 Å². The van der Waals surface area contributed by atoms with Crippen LogP contribution in [0.5, 0.6) is 0 Å². The molecule has 2 atom stereocenters. The first-order chi connectivity index (χ1) is 13.2. The van der Waals surface area contributed by atoms with Gasteiger partial charge in [0.05, 0.1) is 24.4 Å². The fourth-order valence-corrected chi connectivity index (χ4v) is 4.60. The highest BCUT2D eigenvalue weighted by Crippen LogP contribution is 2.29. The number of fused-ring (bicyclic) bond motifs is 1. The third-order valence-corrected chi connectivity index (χ3v) is 6.15. The maximum Gasteiger partial charge on any atom is 0.344 e. The average molecular weight is 388 g/mol. The number of thioether (sulfide) groups is 1. The van der Waals surface area contributed by atoms with Gasteiger partial charge in [0.2, 0.25) is 5.91 Å². The van der Waals surface area contributed by atoms with Crippen LogP contribution in [0.4, 0.5) is 0 Å². The number of nitrogens with zero attached hydrogens (tertiary/aromatic N) is 2. The van der Waals surface area contributed by atoms with Gasteiger partial charge in [-0.25, -0.2) is 9.89 Å². The fourth-order valence-electron chi connectivity index (χ4n) is 3.84. The second kappa shape index (κ2) is 8.31. The van der Waals surface area contributed by atoms with Crippen molar-refractivity contribution in [3.63, 3.8) is 0 Å². The standard InChI is InChI=1S/C19H24N4O3S/c24-17(20-16-9-3-6-13-5-1-2-8-15(13)16)12-27-19-22-21-18(25)23(19)11-14-7-4-10-26-14/h1-2,5,8,14,16H,3-4,6-7,9-12H2,(H,20,24)(H,21,25)/t14-,16+/m1/s1. The number of aromatic nitrogens is 3. The summed E-state index contributed by atoms with van der Waals surface area (Å²) in [4.78, 5) is 24.5. The van der Waals surface area contributed by atoms with E-state index in [0.29, 0.717) is 11.7 Å². The molecule has 0 unspecified atom stereocenters. The van der Waals surface area contributed by atoms with Gasteiger partial charge in [-0.1, -0.05) is 36.0 Å². The first-order valence-corrected chi connectivity index (χ1v) is 10.5. The molecule has 2 aromatic rings. The molecular formula is C19H24N4O3S. The number of hydrogen-bond acceptors (Lipinski definition) is 5. The summed E-state index contributed by atoms with van der Waals surface area (Å²) in [7, 11) is 0. The van der Waals surface area contributed by atoms with Crippen molar-refractivity contribution in [2.75, 3.05) is 12.4 Å². The minimum absolute atomic E-state index is 0.0409. The second-order valence-electron chi connectivity index (χ2n) is 7.06. The number of nitrogens with one attached hydrogen (secondary N) is 2. The minimum Gasteiger partial charge on any atom is -0.376 e. The molecule has 1 aliphatic carbocycles. The summed E-state index contributed by atoms with van der Waals surface area (Å²) in [5.74, 6) is 0.190. The lowest BCUT2D eigenvalue weighted by atomic mass is 9.88. The van der Waals surface area contributed by atoms with E-state index in [4.69, 9.17) is 4.74 Å². The number of benzene rings is 1. The molecule has 1 fully saturated rings. The van der Waals surface area contributed by atoms with Gasteiger partial charge in [-0.05, 0) is 43.2 Å². The predicted molar refractivity (Wildman–Crippen MR) is 103 cm³/mol. The van der Waals surface area contributed by atoms with Crippen LogP contribution in [0.15, 0.2) is 34.2 Å². The third-order valence-electron chi connectivity index (χ3n) is 5.17. The molecule has 1 aliphatic heterocycles. The summed E-state index contributed by atoms with van der Waals surface area (Å²) >= 11 is 1.28. The molecule has 0 radical (unpaired) electrons. The highest BCUT2D eigenvalue weighted by atomic mass is 32.2. The number of aromatic amines is 1. The van der Waals surface area contributed by atoms with E-state index in [9.17, 15) is 9.59 Å². The Morgan fingerprint density at radius 1 is 1.33 bits per heavy atom. The van der Waals surface area contributed by atoms with E-state index in [2.05, 4.69) is 27.6 Å². The molecule has 4 rings (SSSR count). The summed E-state index contributed by atoms with van der Waals surface area (Å²) in [6.45, 7) is 1.22. The normalized spacial score (nSPS) is 21.8. The Bertz CT molecular complexity index is 857. The zero-order valence-electron chi connectivity index (χ0n) is 15.1. The van der Waals surface area contributed by atoms with Crippen LogP contribution in [0, 0.1) is 0 Å². The molecule has 2 N–H and O–H groups in total. The molecule has 0 saturated carbocycles. The molecule has 7 nitrogen and oxygen atoms in total. The maximum absolute atomic E-state index is 12.5. The molecular weight excluding hydrogens is 364 g/mol. The van der Waals surface area contributed by atoms with Crippen molar-refractivity contribution in [2.45, 2.75) is 56.0 Å². The van der Waals surface area contributed by atoms with Crippen LogP contribution in [-0.4, -0.2) is 39.1 Å². The van der Waals surface area contributed by atoms with Gasteiger partial charge in [0.15, 0.2) is 5.16 Å². The van der Waals surface area contributed by atoms with Crippen LogP contribution < -0.4 is 11.0 Å². The van der Waals surface area contributed by atoms with Gasteiger partial charge >= 0.3 is 5.69 Å². The summed E-state index contributed by atoms with van der Waals surface area (Å²) in [6.07, 6.45) is 5.12. The van der Waals surface area contributed by atoms with Crippen LogP contribution in [0.2, 0.25) is 0 Å². The zero-order chi connectivity index (χ0) is 18.6. The van der Waals surface area contributed by atoms with E-state index in [-0.39, 0.29) is 29.5 Å². The number of aryl methyl sites for hydroxylation is 1. The molecule has 1 amide bonds. The summed E-state index contributed by atoms with van der Waals surface area (Å²) in [5.41, 5.74) is 2.28. The van der Waals surface area contributed by atoms with Crippen molar-refractivity contribution in [3.8, 4) is 0 Å².